The minimum atomic E-state index is -0.0370. The minimum Gasteiger partial charge on any atom is -0.493 e. The van der Waals surface area contributed by atoms with Gasteiger partial charge in [0.2, 0.25) is 0 Å². The number of ether oxygens (including phenoxy) is 2. The molecule has 4 rings (SSSR count). The highest BCUT2D eigenvalue weighted by molar-refractivity contribution is 6.04. The Kier molecular flexibility index (Phi) is 2.48. The van der Waals surface area contributed by atoms with Crippen molar-refractivity contribution in [1.29, 1.82) is 0 Å². The first-order valence-electron chi connectivity index (χ1n) is 6.92. The van der Waals surface area contributed by atoms with Gasteiger partial charge in [-0.05, 0) is 29.2 Å². The molecule has 1 aliphatic carbocycles. The van der Waals surface area contributed by atoms with Crippen LogP contribution in [0.5, 0.6) is 11.5 Å². The summed E-state index contributed by atoms with van der Waals surface area (Å²) < 4.78 is 11.0. The Balaban J connectivity index is 2.12. The van der Waals surface area contributed by atoms with E-state index in [9.17, 15) is 4.79 Å². The maximum Gasteiger partial charge on any atom is 0.252 e. The molecular formula is C17H15NO3. The third kappa shape index (κ3) is 1.53. The molecule has 0 saturated heterocycles. The van der Waals surface area contributed by atoms with Gasteiger partial charge >= 0.3 is 0 Å². The van der Waals surface area contributed by atoms with Gasteiger partial charge in [0.15, 0.2) is 11.5 Å². The highest BCUT2D eigenvalue weighted by atomic mass is 16.5. The van der Waals surface area contributed by atoms with Crippen molar-refractivity contribution < 1.29 is 14.3 Å². The Morgan fingerprint density at radius 2 is 1.95 bits per heavy atom. The van der Waals surface area contributed by atoms with E-state index >= 15 is 0 Å². The predicted molar refractivity (Wildman–Crippen MR) is 78.9 cm³/mol. The number of methoxy groups -OCH3 is 2. The van der Waals surface area contributed by atoms with E-state index in [-0.39, 0.29) is 11.9 Å². The molecule has 1 heterocycles. The molecule has 1 amide bonds. The molecule has 4 nitrogen and oxygen atoms in total. The third-order valence-electron chi connectivity index (χ3n) is 4.32. The second-order valence-electron chi connectivity index (χ2n) is 5.34. The summed E-state index contributed by atoms with van der Waals surface area (Å²) in [5.41, 5.74) is 5.06. The summed E-state index contributed by atoms with van der Waals surface area (Å²) >= 11 is 0. The van der Waals surface area contributed by atoms with Crippen LogP contribution < -0.4 is 14.8 Å². The average molecular weight is 281 g/mol. The number of amides is 1. The van der Waals surface area contributed by atoms with Crippen molar-refractivity contribution in [2.75, 3.05) is 14.2 Å². The maximum absolute atomic E-state index is 12.2. The standard InChI is InChI=1S/C17H15NO3/c1-20-13-8-11-14-12(18-17(11)19)7-9-5-3-4-6-10(9)15(14)16(13)21-2/h3-6,8,12H,7H2,1-2H3,(H,18,19). The SMILES string of the molecule is COc1cc2c3c(c1OC)-c1ccccc1CC3NC2=O. The Bertz CT molecular complexity index is 767. The summed E-state index contributed by atoms with van der Waals surface area (Å²) in [6.07, 6.45) is 0.817. The minimum absolute atomic E-state index is 0.0252. The van der Waals surface area contributed by atoms with Crippen LogP contribution in [0, 0.1) is 0 Å². The zero-order chi connectivity index (χ0) is 14.6. The number of rotatable bonds is 2. The van der Waals surface area contributed by atoms with Crippen LogP contribution in [0.4, 0.5) is 0 Å². The molecule has 2 aromatic carbocycles. The monoisotopic (exact) mass is 281 g/mol. The summed E-state index contributed by atoms with van der Waals surface area (Å²) in [7, 11) is 3.23. The summed E-state index contributed by atoms with van der Waals surface area (Å²) in [6, 6.07) is 10.0. The topological polar surface area (TPSA) is 47.6 Å². The summed E-state index contributed by atoms with van der Waals surface area (Å²) in [5.74, 6) is 1.26. The first kappa shape index (κ1) is 12.3. The van der Waals surface area contributed by atoms with Gasteiger partial charge in [0, 0.05) is 11.1 Å². The molecule has 1 unspecified atom stereocenters. The highest BCUT2D eigenvalue weighted by Gasteiger charge is 2.38. The van der Waals surface area contributed by atoms with Crippen LogP contribution in [0.3, 0.4) is 0 Å². The lowest BCUT2D eigenvalue weighted by Gasteiger charge is -2.26. The van der Waals surface area contributed by atoms with Crippen LogP contribution >= 0.6 is 0 Å². The van der Waals surface area contributed by atoms with E-state index in [4.69, 9.17) is 9.47 Å². The summed E-state index contributed by atoms with van der Waals surface area (Å²) in [4.78, 5) is 12.2. The highest BCUT2D eigenvalue weighted by Crippen LogP contribution is 2.51. The number of nitrogens with one attached hydrogen (secondary N) is 1. The largest absolute Gasteiger partial charge is 0.493 e. The fraction of sp³-hybridized carbons (Fsp3) is 0.235. The van der Waals surface area contributed by atoms with Crippen molar-refractivity contribution in [1.82, 2.24) is 5.32 Å². The van der Waals surface area contributed by atoms with Crippen molar-refractivity contribution in [3.63, 3.8) is 0 Å². The van der Waals surface area contributed by atoms with E-state index in [0.29, 0.717) is 17.1 Å². The van der Waals surface area contributed by atoms with Gasteiger partial charge in [0.1, 0.15) is 0 Å². The van der Waals surface area contributed by atoms with Gasteiger partial charge in [-0.1, -0.05) is 24.3 Å². The first-order valence-corrected chi connectivity index (χ1v) is 6.92. The van der Waals surface area contributed by atoms with Crippen molar-refractivity contribution in [2.45, 2.75) is 12.5 Å². The molecule has 0 saturated carbocycles. The number of carbonyl (C=O) groups excluding carboxylic acids is 1. The number of hydrogen-bond acceptors (Lipinski definition) is 3. The van der Waals surface area contributed by atoms with Crippen molar-refractivity contribution in [2.24, 2.45) is 0 Å². The van der Waals surface area contributed by atoms with Crippen LogP contribution in [0.15, 0.2) is 30.3 Å². The number of hydrogen-bond donors (Lipinski definition) is 1. The van der Waals surface area contributed by atoms with Crippen LogP contribution in [-0.2, 0) is 6.42 Å². The first-order chi connectivity index (χ1) is 10.2. The Morgan fingerprint density at radius 3 is 2.71 bits per heavy atom. The molecule has 0 spiro atoms. The Hall–Kier alpha value is -2.49. The molecular weight excluding hydrogens is 266 g/mol. The van der Waals surface area contributed by atoms with Gasteiger partial charge in [-0.3, -0.25) is 4.79 Å². The average Bonchev–Trinajstić information content (AvgIpc) is 2.83. The van der Waals surface area contributed by atoms with Gasteiger partial charge in [0.05, 0.1) is 20.3 Å². The molecule has 1 aliphatic heterocycles. The number of carbonyl (C=O) groups is 1. The van der Waals surface area contributed by atoms with Crippen LogP contribution in [0.1, 0.15) is 27.5 Å². The maximum atomic E-state index is 12.2. The Labute approximate surface area is 122 Å². The molecule has 2 aromatic rings. The van der Waals surface area contributed by atoms with E-state index in [0.717, 1.165) is 23.1 Å². The Morgan fingerprint density at radius 1 is 1.14 bits per heavy atom. The van der Waals surface area contributed by atoms with Gasteiger partial charge in [-0.15, -0.1) is 0 Å². The second-order valence-corrected chi connectivity index (χ2v) is 5.34. The molecule has 1 atom stereocenters. The van der Waals surface area contributed by atoms with E-state index < -0.39 is 0 Å². The molecule has 0 bridgehead atoms. The summed E-state index contributed by atoms with van der Waals surface area (Å²) in [6.45, 7) is 0. The molecule has 0 fully saturated rings. The molecule has 0 aromatic heterocycles. The van der Waals surface area contributed by atoms with Crippen molar-refractivity contribution >= 4 is 5.91 Å². The fourth-order valence-corrected chi connectivity index (χ4v) is 3.45. The van der Waals surface area contributed by atoms with E-state index in [1.165, 1.54) is 5.56 Å². The second kappa shape index (κ2) is 4.25. The lowest BCUT2D eigenvalue weighted by Crippen LogP contribution is -2.22. The van der Waals surface area contributed by atoms with Gasteiger partial charge in [0.25, 0.3) is 5.91 Å². The number of fused-ring (bicyclic) bond motifs is 2. The zero-order valence-electron chi connectivity index (χ0n) is 11.9. The fourth-order valence-electron chi connectivity index (χ4n) is 3.45. The van der Waals surface area contributed by atoms with Gasteiger partial charge in [-0.2, -0.15) is 0 Å². The molecule has 4 heteroatoms. The zero-order valence-corrected chi connectivity index (χ0v) is 11.9. The third-order valence-corrected chi connectivity index (χ3v) is 4.32. The lowest BCUT2D eigenvalue weighted by atomic mass is 9.81. The van der Waals surface area contributed by atoms with Crippen LogP contribution in [0.25, 0.3) is 11.1 Å². The normalized spacial score (nSPS) is 17.8. The quantitative estimate of drug-likeness (QED) is 0.920. The van der Waals surface area contributed by atoms with E-state index in [1.807, 2.05) is 12.1 Å². The van der Waals surface area contributed by atoms with E-state index in [1.54, 1.807) is 20.3 Å². The lowest BCUT2D eigenvalue weighted by molar-refractivity contribution is 0.0956. The van der Waals surface area contributed by atoms with Crippen LogP contribution in [0.2, 0.25) is 0 Å². The molecule has 106 valence electrons. The molecule has 0 radical (unpaired) electrons. The van der Waals surface area contributed by atoms with Crippen LogP contribution in [-0.4, -0.2) is 20.1 Å². The summed E-state index contributed by atoms with van der Waals surface area (Å²) in [5, 5.41) is 3.05. The molecule has 1 N–H and O–H groups in total. The molecule has 21 heavy (non-hydrogen) atoms. The molecule has 2 aliphatic rings. The number of benzene rings is 2. The predicted octanol–water partition coefficient (Wildman–Crippen LogP) is 2.71. The smallest absolute Gasteiger partial charge is 0.252 e. The van der Waals surface area contributed by atoms with Crippen molar-refractivity contribution in [3.05, 3.63) is 47.0 Å². The van der Waals surface area contributed by atoms with E-state index in [2.05, 4.69) is 17.4 Å². The van der Waals surface area contributed by atoms with Gasteiger partial charge in [-0.25, -0.2) is 0 Å². The van der Waals surface area contributed by atoms with Gasteiger partial charge < -0.3 is 14.8 Å². The van der Waals surface area contributed by atoms with Crippen molar-refractivity contribution in [3.8, 4) is 22.6 Å².